The zero-order valence-electron chi connectivity index (χ0n) is 16.8. The Bertz CT molecular complexity index is 926. The predicted molar refractivity (Wildman–Crippen MR) is 112 cm³/mol. The molecule has 1 aliphatic rings. The standard InChI is InChI=1S/C21H27N3O4S/c1-3-28-20-12-8-7-11-19(20)22-21(25)17(2)23-13-15-24(16-14-23)29(26,27)18-9-5-4-6-10-18/h4-12,17H,3,13-16H2,1-2H3,(H,22,25)/p+1/t17-/m1/s1. The second kappa shape index (κ2) is 9.39. The molecule has 0 aromatic heterocycles. The highest BCUT2D eigenvalue weighted by Gasteiger charge is 2.34. The van der Waals surface area contributed by atoms with E-state index in [1.165, 1.54) is 4.31 Å². The highest BCUT2D eigenvalue weighted by Crippen LogP contribution is 2.23. The number of carbonyl (C=O) groups excluding carboxylic acids is 1. The van der Waals surface area contributed by atoms with Crippen LogP contribution in [-0.2, 0) is 14.8 Å². The molecule has 2 aromatic carbocycles. The maximum Gasteiger partial charge on any atom is 0.282 e. The SMILES string of the molecule is CCOc1ccccc1NC(=O)[C@@H](C)[NH+]1CCN(S(=O)(=O)c2ccccc2)CC1. The van der Waals surface area contributed by atoms with E-state index < -0.39 is 10.0 Å². The number of piperazine rings is 1. The van der Waals surface area contributed by atoms with Crippen molar-refractivity contribution in [2.75, 3.05) is 38.1 Å². The van der Waals surface area contributed by atoms with Crippen molar-refractivity contribution in [1.29, 1.82) is 0 Å². The van der Waals surface area contributed by atoms with Crippen LogP contribution in [0.15, 0.2) is 59.5 Å². The number of anilines is 1. The van der Waals surface area contributed by atoms with Crippen molar-refractivity contribution in [3.8, 4) is 5.75 Å². The van der Waals surface area contributed by atoms with Crippen LogP contribution in [0.2, 0.25) is 0 Å². The second-order valence-electron chi connectivity index (χ2n) is 7.02. The normalized spacial score (nSPS) is 16.9. The van der Waals surface area contributed by atoms with E-state index in [4.69, 9.17) is 4.74 Å². The number of hydrogen-bond donors (Lipinski definition) is 2. The van der Waals surface area contributed by atoms with Gasteiger partial charge in [0.05, 0.1) is 43.4 Å². The number of hydrogen-bond acceptors (Lipinski definition) is 4. The van der Waals surface area contributed by atoms with E-state index in [1.807, 2.05) is 38.1 Å². The predicted octanol–water partition coefficient (Wildman–Crippen LogP) is 1.00. The van der Waals surface area contributed by atoms with Crippen LogP contribution in [-0.4, -0.2) is 57.5 Å². The molecule has 2 N–H and O–H groups in total. The number of sulfonamides is 1. The van der Waals surface area contributed by atoms with E-state index in [2.05, 4.69) is 5.32 Å². The summed E-state index contributed by atoms with van der Waals surface area (Å²) in [6, 6.07) is 15.5. The van der Waals surface area contributed by atoms with E-state index in [1.54, 1.807) is 30.3 Å². The molecule has 0 aliphatic carbocycles. The van der Waals surface area contributed by atoms with Gasteiger partial charge in [-0.15, -0.1) is 0 Å². The summed E-state index contributed by atoms with van der Waals surface area (Å²) < 4.78 is 32.6. The Morgan fingerprint density at radius 2 is 1.72 bits per heavy atom. The maximum atomic E-state index is 12.8. The molecule has 1 heterocycles. The Kier molecular flexibility index (Phi) is 6.89. The Morgan fingerprint density at radius 1 is 1.10 bits per heavy atom. The summed E-state index contributed by atoms with van der Waals surface area (Å²) in [7, 11) is -3.49. The van der Waals surface area contributed by atoms with Crippen molar-refractivity contribution in [3.05, 3.63) is 54.6 Å². The second-order valence-corrected chi connectivity index (χ2v) is 8.95. The Morgan fingerprint density at radius 3 is 2.38 bits per heavy atom. The number of para-hydroxylation sites is 2. The third kappa shape index (κ3) is 4.95. The number of benzene rings is 2. The average Bonchev–Trinajstić information content (AvgIpc) is 2.75. The van der Waals surface area contributed by atoms with Crippen LogP contribution < -0.4 is 15.0 Å². The largest absolute Gasteiger partial charge is 0.492 e. The lowest BCUT2D eigenvalue weighted by atomic mass is 10.2. The van der Waals surface area contributed by atoms with Gasteiger partial charge in [0.2, 0.25) is 10.0 Å². The van der Waals surface area contributed by atoms with Crippen LogP contribution in [0.5, 0.6) is 5.75 Å². The zero-order valence-corrected chi connectivity index (χ0v) is 17.6. The number of quaternary nitrogens is 1. The molecule has 0 bridgehead atoms. The van der Waals surface area contributed by atoms with E-state index in [0.717, 1.165) is 4.90 Å². The third-order valence-corrected chi connectivity index (χ3v) is 7.11. The molecule has 7 nitrogen and oxygen atoms in total. The minimum Gasteiger partial charge on any atom is -0.492 e. The summed E-state index contributed by atoms with van der Waals surface area (Å²) in [5.74, 6) is 0.538. The fourth-order valence-corrected chi connectivity index (χ4v) is 4.93. The van der Waals surface area contributed by atoms with Gasteiger partial charge in [-0.05, 0) is 38.1 Å². The van der Waals surface area contributed by atoms with Crippen LogP contribution in [0.4, 0.5) is 5.69 Å². The van der Waals surface area contributed by atoms with E-state index in [0.29, 0.717) is 49.1 Å². The lowest BCUT2D eigenvalue weighted by molar-refractivity contribution is -0.917. The molecule has 1 amide bonds. The molecule has 0 spiro atoms. The number of nitrogens with zero attached hydrogens (tertiary/aromatic N) is 1. The van der Waals surface area contributed by atoms with Crippen molar-refractivity contribution in [2.45, 2.75) is 24.8 Å². The molecule has 8 heteroatoms. The highest BCUT2D eigenvalue weighted by atomic mass is 32.2. The Labute approximate surface area is 172 Å². The molecule has 156 valence electrons. The molecule has 2 aromatic rings. The minimum atomic E-state index is -3.49. The highest BCUT2D eigenvalue weighted by molar-refractivity contribution is 7.89. The van der Waals surface area contributed by atoms with Crippen molar-refractivity contribution in [3.63, 3.8) is 0 Å². The number of ether oxygens (including phenoxy) is 1. The monoisotopic (exact) mass is 418 g/mol. The summed E-state index contributed by atoms with van der Waals surface area (Å²) in [5.41, 5.74) is 0.649. The average molecular weight is 419 g/mol. The van der Waals surface area contributed by atoms with Crippen molar-refractivity contribution in [2.24, 2.45) is 0 Å². The van der Waals surface area contributed by atoms with Gasteiger partial charge in [0, 0.05) is 0 Å². The van der Waals surface area contributed by atoms with Crippen LogP contribution >= 0.6 is 0 Å². The van der Waals surface area contributed by atoms with Gasteiger partial charge in [0.15, 0.2) is 6.04 Å². The molecule has 0 radical (unpaired) electrons. The first-order valence-corrected chi connectivity index (χ1v) is 11.3. The first kappa shape index (κ1) is 21.3. The number of amides is 1. The number of nitrogens with one attached hydrogen (secondary N) is 2. The Hall–Kier alpha value is -2.42. The van der Waals surface area contributed by atoms with E-state index in [-0.39, 0.29) is 11.9 Å². The topological polar surface area (TPSA) is 80.2 Å². The minimum absolute atomic E-state index is 0.105. The molecule has 1 aliphatic heterocycles. The van der Waals surface area contributed by atoms with Gasteiger partial charge < -0.3 is 15.0 Å². The molecule has 29 heavy (non-hydrogen) atoms. The van der Waals surface area contributed by atoms with Gasteiger partial charge >= 0.3 is 0 Å². The van der Waals surface area contributed by atoms with Crippen LogP contribution in [0.25, 0.3) is 0 Å². The summed E-state index contributed by atoms with van der Waals surface area (Å²) in [6.45, 7) is 6.22. The van der Waals surface area contributed by atoms with Gasteiger partial charge in [0.25, 0.3) is 5.91 Å². The lowest BCUT2D eigenvalue weighted by Crippen LogP contribution is -3.19. The van der Waals surface area contributed by atoms with Crippen molar-refractivity contribution >= 4 is 21.6 Å². The first-order chi connectivity index (χ1) is 13.9. The molecular formula is C21H28N3O4S+. The first-order valence-electron chi connectivity index (χ1n) is 9.86. The van der Waals surface area contributed by atoms with Gasteiger partial charge in [-0.1, -0.05) is 30.3 Å². The van der Waals surface area contributed by atoms with E-state index in [9.17, 15) is 13.2 Å². The smallest absolute Gasteiger partial charge is 0.282 e. The summed E-state index contributed by atoms with van der Waals surface area (Å²) in [4.78, 5) is 14.1. The van der Waals surface area contributed by atoms with Crippen molar-refractivity contribution < 1.29 is 22.8 Å². The van der Waals surface area contributed by atoms with Gasteiger partial charge in [-0.3, -0.25) is 4.79 Å². The van der Waals surface area contributed by atoms with Crippen LogP contribution in [0.1, 0.15) is 13.8 Å². The summed E-state index contributed by atoms with van der Waals surface area (Å²) in [6.07, 6.45) is 0. The van der Waals surface area contributed by atoms with Gasteiger partial charge in [-0.2, -0.15) is 4.31 Å². The molecule has 3 rings (SSSR count). The zero-order chi connectivity index (χ0) is 20.9. The maximum absolute atomic E-state index is 12.8. The Balaban J connectivity index is 1.60. The molecule has 0 saturated carbocycles. The summed E-state index contributed by atoms with van der Waals surface area (Å²) in [5, 5.41) is 2.94. The molecule has 1 saturated heterocycles. The molecule has 1 fully saturated rings. The van der Waals surface area contributed by atoms with Crippen LogP contribution in [0.3, 0.4) is 0 Å². The third-order valence-electron chi connectivity index (χ3n) is 5.20. The fraction of sp³-hybridized carbons (Fsp3) is 0.381. The number of carbonyl (C=O) groups is 1. The van der Waals surface area contributed by atoms with Gasteiger partial charge in [0.1, 0.15) is 5.75 Å². The lowest BCUT2D eigenvalue weighted by Gasteiger charge is -2.34. The fourth-order valence-electron chi connectivity index (χ4n) is 3.47. The number of rotatable bonds is 7. The molecular weight excluding hydrogens is 390 g/mol. The summed E-state index contributed by atoms with van der Waals surface area (Å²) >= 11 is 0. The van der Waals surface area contributed by atoms with Crippen LogP contribution in [0, 0.1) is 0 Å². The van der Waals surface area contributed by atoms with Gasteiger partial charge in [-0.25, -0.2) is 8.42 Å². The molecule has 0 unspecified atom stereocenters. The van der Waals surface area contributed by atoms with E-state index >= 15 is 0 Å². The molecule has 1 atom stereocenters. The van der Waals surface area contributed by atoms with Crippen molar-refractivity contribution in [1.82, 2.24) is 4.31 Å². The quantitative estimate of drug-likeness (QED) is 0.703.